The Bertz CT molecular complexity index is 771. The third-order valence-corrected chi connectivity index (χ3v) is 4.51. The van der Waals surface area contributed by atoms with E-state index in [0.29, 0.717) is 18.7 Å². The van der Waals surface area contributed by atoms with Crippen molar-refractivity contribution in [3.8, 4) is 0 Å². The van der Waals surface area contributed by atoms with Crippen LogP contribution in [0.15, 0.2) is 59.8 Å². The fourth-order valence-corrected chi connectivity index (χ4v) is 3.09. The van der Waals surface area contributed by atoms with Gasteiger partial charge in [0.2, 0.25) is 5.91 Å². The average molecular weight is 341 g/mol. The molecule has 124 valence electrons. The van der Waals surface area contributed by atoms with E-state index in [2.05, 4.69) is 15.3 Å². The number of thioether (sulfide) groups is 1. The van der Waals surface area contributed by atoms with Crippen molar-refractivity contribution < 1.29 is 9.90 Å². The van der Waals surface area contributed by atoms with Gasteiger partial charge in [-0.25, -0.2) is 4.98 Å². The first-order valence-corrected chi connectivity index (χ1v) is 8.78. The number of aromatic nitrogens is 2. The lowest BCUT2D eigenvalue weighted by Crippen LogP contribution is -2.27. The third kappa shape index (κ3) is 4.37. The number of imidazole rings is 1. The second-order valence-corrected chi connectivity index (χ2v) is 6.38. The molecule has 6 heteroatoms. The van der Waals surface area contributed by atoms with Crippen LogP contribution >= 0.6 is 11.8 Å². The molecule has 0 fully saturated rings. The Morgan fingerprint density at radius 2 is 1.92 bits per heavy atom. The number of nitrogens with one attached hydrogen (secondary N) is 2. The minimum Gasteiger partial charge on any atom is -0.388 e. The van der Waals surface area contributed by atoms with E-state index in [-0.39, 0.29) is 5.91 Å². The van der Waals surface area contributed by atoms with Crippen molar-refractivity contribution in [2.45, 2.75) is 17.7 Å². The zero-order valence-corrected chi connectivity index (χ0v) is 13.9. The van der Waals surface area contributed by atoms with Crippen LogP contribution in [0.2, 0.25) is 0 Å². The summed E-state index contributed by atoms with van der Waals surface area (Å²) in [5, 5.41) is 13.6. The lowest BCUT2D eigenvalue weighted by atomic mass is 10.1. The summed E-state index contributed by atoms with van der Waals surface area (Å²) in [7, 11) is 0. The van der Waals surface area contributed by atoms with Crippen LogP contribution in [0.3, 0.4) is 0 Å². The molecule has 1 unspecified atom stereocenters. The molecule has 1 aromatic heterocycles. The third-order valence-electron chi connectivity index (χ3n) is 3.63. The first-order chi connectivity index (χ1) is 11.7. The number of amides is 1. The number of rotatable bonds is 7. The molecule has 1 amide bonds. The summed E-state index contributed by atoms with van der Waals surface area (Å²) in [6.45, 7) is 0.440. The van der Waals surface area contributed by atoms with Crippen LogP contribution in [0.25, 0.3) is 11.0 Å². The molecule has 0 aliphatic heterocycles. The van der Waals surface area contributed by atoms with E-state index in [4.69, 9.17) is 0 Å². The lowest BCUT2D eigenvalue weighted by molar-refractivity contribution is -0.118. The van der Waals surface area contributed by atoms with Crippen LogP contribution in [0.1, 0.15) is 18.1 Å². The highest BCUT2D eigenvalue weighted by molar-refractivity contribution is 7.99. The molecule has 1 heterocycles. The maximum Gasteiger partial charge on any atom is 0.230 e. The quantitative estimate of drug-likeness (QED) is 0.578. The highest BCUT2D eigenvalue weighted by Gasteiger charge is 2.09. The van der Waals surface area contributed by atoms with Crippen LogP contribution in [-0.2, 0) is 4.79 Å². The van der Waals surface area contributed by atoms with E-state index >= 15 is 0 Å². The summed E-state index contributed by atoms with van der Waals surface area (Å²) in [6.07, 6.45) is -0.0695. The van der Waals surface area contributed by atoms with Gasteiger partial charge < -0.3 is 15.4 Å². The van der Waals surface area contributed by atoms with Crippen molar-refractivity contribution in [3.63, 3.8) is 0 Å². The number of fused-ring (bicyclic) bond motifs is 1. The molecule has 24 heavy (non-hydrogen) atoms. The Morgan fingerprint density at radius 3 is 2.71 bits per heavy atom. The Balaban J connectivity index is 1.41. The van der Waals surface area contributed by atoms with Crippen molar-refractivity contribution in [2.24, 2.45) is 0 Å². The molecule has 0 saturated heterocycles. The van der Waals surface area contributed by atoms with Crippen molar-refractivity contribution >= 4 is 28.7 Å². The van der Waals surface area contributed by atoms with Gasteiger partial charge in [-0.15, -0.1) is 0 Å². The van der Waals surface area contributed by atoms with E-state index in [1.54, 1.807) is 0 Å². The van der Waals surface area contributed by atoms with Crippen molar-refractivity contribution in [1.29, 1.82) is 0 Å². The minimum absolute atomic E-state index is 0.0688. The van der Waals surface area contributed by atoms with Gasteiger partial charge in [0.1, 0.15) is 0 Å². The van der Waals surface area contributed by atoms with Crippen LogP contribution in [0.4, 0.5) is 0 Å². The molecule has 0 aliphatic carbocycles. The van der Waals surface area contributed by atoms with Crippen LogP contribution in [-0.4, -0.2) is 33.3 Å². The highest BCUT2D eigenvalue weighted by atomic mass is 32.2. The smallest absolute Gasteiger partial charge is 0.230 e. The first-order valence-electron chi connectivity index (χ1n) is 7.79. The Morgan fingerprint density at radius 1 is 1.17 bits per heavy atom. The summed E-state index contributed by atoms with van der Waals surface area (Å²) in [4.78, 5) is 19.5. The molecule has 1 atom stereocenters. The number of hydrogen-bond acceptors (Lipinski definition) is 4. The summed E-state index contributed by atoms with van der Waals surface area (Å²) >= 11 is 1.37. The van der Waals surface area contributed by atoms with Gasteiger partial charge in [-0.1, -0.05) is 54.2 Å². The molecule has 0 aliphatic rings. The molecule has 0 spiro atoms. The van der Waals surface area contributed by atoms with Crippen LogP contribution in [0, 0.1) is 0 Å². The van der Waals surface area contributed by atoms with Crippen molar-refractivity contribution in [2.75, 3.05) is 12.3 Å². The molecular weight excluding hydrogens is 322 g/mol. The highest BCUT2D eigenvalue weighted by Crippen LogP contribution is 2.19. The van der Waals surface area contributed by atoms with Crippen LogP contribution in [0.5, 0.6) is 0 Å². The molecule has 5 nitrogen and oxygen atoms in total. The molecular formula is C18H19N3O2S. The topological polar surface area (TPSA) is 78.0 Å². The number of carbonyl (C=O) groups excluding carboxylic acids is 1. The number of hydrogen-bond donors (Lipinski definition) is 3. The van der Waals surface area contributed by atoms with E-state index in [0.717, 1.165) is 21.8 Å². The number of nitrogens with zero attached hydrogens (tertiary/aromatic N) is 1. The Labute approximate surface area is 144 Å². The molecule has 0 bridgehead atoms. The van der Waals surface area contributed by atoms with E-state index in [1.807, 2.05) is 54.6 Å². The monoisotopic (exact) mass is 341 g/mol. The van der Waals surface area contributed by atoms with Gasteiger partial charge in [0.05, 0.1) is 22.9 Å². The number of aliphatic hydroxyl groups excluding tert-OH is 1. The zero-order chi connectivity index (χ0) is 16.8. The number of benzene rings is 2. The van der Waals surface area contributed by atoms with E-state index < -0.39 is 6.10 Å². The van der Waals surface area contributed by atoms with Gasteiger partial charge in [-0.05, 0) is 24.1 Å². The maximum atomic E-state index is 11.9. The largest absolute Gasteiger partial charge is 0.388 e. The van der Waals surface area contributed by atoms with Gasteiger partial charge in [0.25, 0.3) is 0 Å². The fraction of sp³-hybridized carbons (Fsp3) is 0.222. The molecule has 3 aromatic rings. The normalized spacial score (nSPS) is 12.2. The molecule has 3 N–H and O–H groups in total. The second-order valence-electron chi connectivity index (χ2n) is 5.41. The summed E-state index contributed by atoms with van der Waals surface area (Å²) in [6, 6.07) is 17.2. The molecule has 3 rings (SSSR count). The lowest BCUT2D eigenvalue weighted by Gasteiger charge is -2.11. The van der Waals surface area contributed by atoms with Crippen LogP contribution < -0.4 is 5.32 Å². The second kappa shape index (κ2) is 7.99. The first kappa shape index (κ1) is 16.5. The fourth-order valence-electron chi connectivity index (χ4n) is 2.37. The van der Waals surface area contributed by atoms with Gasteiger partial charge in [-0.3, -0.25) is 4.79 Å². The Kier molecular flexibility index (Phi) is 5.51. The zero-order valence-electron chi connectivity index (χ0n) is 13.1. The number of aliphatic hydroxyl groups is 1. The maximum absolute atomic E-state index is 11.9. The average Bonchev–Trinajstić information content (AvgIpc) is 3.03. The number of carbonyl (C=O) groups is 1. The predicted octanol–water partition coefficient (Wildman–Crippen LogP) is 2.89. The van der Waals surface area contributed by atoms with Gasteiger partial charge in [0, 0.05) is 6.54 Å². The standard InChI is InChI=1S/C18H19N3O2S/c22-16(13-6-2-1-3-7-13)10-11-19-17(23)12-24-18-20-14-8-4-5-9-15(14)21-18/h1-9,16,22H,10-12H2,(H,19,23)(H,20,21). The van der Waals surface area contributed by atoms with E-state index in [9.17, 15) is 9.90 Å². The minimum atomic E-state index is -0.561. The number of H-pyrrole nitrogens is 1. The molecule has 2 aromatic carbocycles. The molecule has 0 saturated carbocycles. The van der Waals surface area contributed by atoms with E-state index in [1.165, 1.54) is 11.8 Å². The molecule has 0 radical (unpaired) electrons. The van der Waals surface area contributed by atoms with Gasteiger partial charge >= 0.3 is 0 Å². The van der Waals surface area contributed by atoms with Crippen molar-refractivity contribution in [3.05, 3.63) is 60.2 Å². The summed E-state index contributed by atoms with van der Waals surface area (Å²) < 4.78 is 0. The SMILES string of the molecule is O=C(CSc1nc2ccccc2[nH]1)NCCC(O)c1ccccc1. The van der Waals surface area contributed by atoms with Gasteiger partial charge in [0.15, 0.2) is 5.16 Å². The van der Waals surface area contributed by atoms with Crippen molar-refractivity contribution in [1.82, 2.24) is 15.3 Å². The summed E-state index contributed by atoms with van der Waals surface area (Å²) in [5.74, 6) is 0.224. The predicted molar refractivity (Wildman–Crippen MR) is 95.8 cm³/mol. The Hall–Kier alpha value is -2.31. The summed E-state index contributed by atoms with van der Waals surface area (Å²) in [5.41, 5.74) is 2.72. The number of para-hydroxylation sites is 2. The number of aromatic amines is 1. The van der Waals surface area contributed by atoms with Gasteiger partial charge in [-0.2, -0.15) is 0 Å².